The van der Waals surface area contributed by atoms with Crippen LogP contribution in [0.1, 0.15) is 18.4 Å². The summed E-state index contributed by atoms with van der Waals surface area (Å²) in [6.45, 7) is 7.75. The first-order chi connectivity index (χ1) is 13.5. The fraction of sp³-hybridized carbons (Fsp3) is 0.667. The Morgan fingerprint density at radius 1 is 1.18 bits per heavy atom. The number of hydrogen-bond acceptors (Lipinski definition) is 8. The molecule has 2 fully saturated rings. The number of aromatic nitrogens is 1. The van der Waals surface area contributed by atoms with Gasteiger partial charge in [0.2, 0.25) is 5.88 Å². The van der Waals surface area contributed by atoms with E-state index in [2.05, 4.69) is 19.6 Å². The Bertz CT molecular complexity index is 846. The predicted octanol–water partition coefficient (Wildman–Crippen LogP) is 0.835. The molecule has 1 aromatic rings. The zero-order valence-electron chi connectivity index (χ0n) is 16.0. The largest absolute Gasteiger partial charge is 0.464 e. The van der Waals surface area contributed by atoms with Gasteiger partial charge in [-0.1, -0.05) is 0 Å². The van der Waals surface area contributed by atoms with Crippen molar-refractivity contribution >= 4 is 22.1 Å². The maximum Gasteiger partial charge on any atom is 0.287 e. The van der Waals surface area contributed by atoms with E-state index in [9.17, 15) is 8.42 Å². The van der Waals surface area contributed by atoms with Gasteiger partial charge in [-0.05, 0) is 18.6 Å². The number of nitrogens with zero attached hydrogens (tertiary/aromatic N) is 3. The molecule has 1 spiro atoms. The Morgan fingerprint density at radius 2 is 1.89 bits per heavy atom. The molecule has 4 rings (SSSR count). The van der Waals surface area contributed by atoms with Gasteiger partial charge in [-0.25, -0.2) is 0 Å². The highest BCUT2D eigenvalue weighted by molar-refractivity contribution is 7.90. The molecule has 9 nitrogen and oxygen atoms in total. The van der Waals surface area contributed by atoms with Gasteiger partial charge in [0.25, 0.3) is 10.0 Å². The van der Waals surface area contributed by atoms with E-state index >= 15 is 0 Å². The topological polar surface area (TPSA) is 102 Å². The van der Waals surface area contributed by atoms with Crippen LogP contribution >= 0.6 is 0 Å². The number of anilines is 1. The summed E-state index contributed by atoms with van der Waals surface area (Å²) in [4.78, 5) is 6.86. The molecule has 0 unspecified atom stereocenters. The molecule has 0 atom stereocenters. The number of rotatable bonds is 4. The summed E-state index contributed by atoms with van der Waals surface area (Å²) in [7, 11) is -3.84. The number of nitrogens with one attached hydrogen (secondary N) is 1. The molecule has 10 heteroatoms. The lowest BCUT2D eigenvalue weighted by Crippen LogP contribution is -2.43. The van der Waals surface area contributed by atoms with Crippen LogP contribution < -0.4 is 10.1 Å². The Balaban J connectivity index is 1.55. The number of fused-ring (bicyclic) bond motifs is 1. The maximum absolute atomic E-state index is 12.6. The molecule has 3 aliphatic heterocycles. The number of sulfonamides is 1. The van der Waals surface area contributed by atoms with Crippen molar-refractivity contribution in [2.75, 3.05) is 57.9 Å². The van der Waals surface area contributed by atoms with Gasteiger partial charge in [0.15, 0.2) is 10.5 Å². The van der Waals surface area contributed by atoms with E-state index in [1.54, 1.807) is 6.07 Å². The molecule has 4 heterocycles. The molecule has 0 amide bonds. The van der Waals surface area contributed by atoms with Crippen LogP contribution in [-0.4, -0.2) is 82.7 Å². The Hall–Kier alpha value is -1.75. The molecular formula is C18H26N4O5S. The minimum atomic E-state index is -3.84. The van der Waals surface area contributed by atoms with Gasteiger partial charge in [-0.3, -0.25) is 4.90 Å². The fourth-order valence-electron chi connectivity index (χ4n) is 3.55. The van der Waals surface area contributed by atoms with E-state index in [0.717, 1.165) is 38.4 Å². The Labute approximate surface area is 165 Å². The lowest BCUT2D eigenvalue weighted by Gasteiger charge is -2.33. The minimum Gasteiger partial charge on any atom is -0.464 e. The maximum atomic E-state index is 12.6. The first kappa shape index (κ1) is 19.6. The average Bonchev–Trinajstić information content (AvgIpc) is 2.79. The highest BCUT2D eigenvalue weighted by Gasteiger charge is 2.39. The molecule has 0 aromatic carbocycles. The van der Waals surface area contributed by atoms with Crippen molar-refractivity contribution < 1.29 is 22.6 Å². The highest BCUT2D eigenvalue weighted by Crippen LogP contribution is 2.36. The second-order valence-corrected chi connectivity index (χ2v) is 8.93. The standard InChI is InChI=1S/C18H26N4O5S/c1-14-12-15-17(21-16(14)19-4-5-22-6-10-26-11-7-22)27-18(2-8-25-9-3-18)13-20-28(15,23)24/h12-13H,2-11H2,1H3,(H,19,21). The zero-order chi connectivity index (χ0) is 19.6. The van der Waals surface area contributed by atoms with E-state index in [1.807, 2.05) is 6.92 Å². The molecule has 0 bridgehead atoms. The van der Waals surface area contributed by atoms with Crippen LogP contribution in [0.15, 0.2) is 15.4 Å². The molecule has 0 aliphatic carbocycles. The lowest BCUT2D eigenvalue weighted by molar-refractivity contribution is -0.00576. The van der Waals surface area contributed by atoms with Crippen molar-refractivity contribution in [3.8, 4) is 5.88 Å². The van der Waals surface area contributed by atoms with E-state index in [-0.39, 0.29) is 10.8 Å². The molecule has 1 aromatic heterocycles. The number of ether oxygens (including phenoxy) is 3. The van der Waals surface area contributed by atoms with Gasteiger partial charge in [0.1, 0.15) is 5.82 Å². The summed E-state index contributed by atoms with van der Waals surface area (Å²) in [6, 6.07) is 1.59. The molecular weight excluding hydrogens is 384 g/mol. The van der Waals surface area contributed by atoms with Crippen molar-refractivity contribution in [1.29, 1.82) is 0 Å². The third-order valence-corrected chi connectivity index (χ3v) is 6.54. The molecule has 0 saturated carbocycles. The first-order valence-electron chi connectivity index (χ1n) is 9.61. The van der Waals surface area contributed by atoms with Crippen molar-refractivity contribution in [3.63, 3.8) is 0 Å². The smallest absolute Gasteiger partial charge is 0.287 e. The monoisotopic (exact) mass is 410 g/mol. The lowest BCUT2D eigenvalue weighted by atomic mass is 9.95. The van der Waals surface area contributed by atoms with Crippen LogP contribution in [0.4, 0.5) is 5.82 Å². The van der Waals surface area contributed by atoms with Crippen LogP contribution in [0.2, 0.25) is 0 Å². The van der Waals surface area contributed by atoms with Crippen LogP contribution in [0, 0.1) is 6.92 Å². The van der Waals surface area contributed by atoms with Crippen LogP contribution in [0.25, 0.3) is 0 Å². The van der Waals surface area contributed by atoms with E-state index < -0.39 is 15.6 Å². The summed E-state index contributed by atoms with van der Waals surface area (Å²) in [6.07, 6.45) is 2.50. The summed E-state index contributed by atoms with van der Waals surface area (Å²) in [5, 5.41) is 3.32. The highest BCUT2D eigenvalue weighted by atomic mass is 32.2. The Kier molecular flexibility index (Phi) is 5.55. The summed E-state index contributed by atoms with van der Waals surface area (Å²) in [5.74, 6) is 0.741. The predicted molar refractivity (Wildman–Crippen MR) is 104 cm³/mol. The van der Waals surface area contributed by atoms with Crippen molar-refractivity contribution in [2.45, 2.75) is 30.3 Å². The summed E-state index contributed by atoms with van der Waals surface area (Å²) >= 11 is 0. The molecule has 1 N–H and O–H groups in total. The number of morpholine rings is 1. The second kappa shape index (κ2) is 7.94. The van der Waals surface area contributed by atoms with Gasteiger partial charge >= 0.3 is 0 Å². The molecule has 154 valence electrons. The van der Waals surface area contributed by atoms with E-state index in [4.69, 9.17) is 14.2 Å². The van der Waals surface area contributed by atoms with Gasteiger partial charge in [-0.2, -0.15) is 17.8 Å². The normalized spacial score (nSPS) is 23.6. The molecule has 0 radical (unpaired) electrons. The van der Waals surface area contributed by atoms with Crippen molar-refractivity contribution in [2.24, 2.45) is 4.40 Å². The van der Waals surface area contributed by atoms with Gasteiger partial charge in [0.05, 0.1) is 32.6 Å². The molecule has 28 heavy (non-hydrogen) atoms. The van der Waals surface area contributed by atoms with Gasteiger partial charge in [-0.15, -0.1) is 0 Å². The SMILES string of the molecule is Cc1cc2c(nc1NCCN1CCOCC1)OC1(C=NS2(=O)=O)CCOCC1. The van der Waals surface area contributed by atoms with Crippen LogP contribution in [0.3, 0.4) is 0 Å². The van der Waals surface area contributed by atoms with Gasteiger partial charge < -0.3 is 19.5 Å². The minimum absolute atomic E-state index is 0.0170. The van der Waals surface area contributed by atoms with Crippen molar-refractivity contribution in [3.05, 3.63) is 11.6 Å². The summed E-state index contributed by atoms with van der Waals surface area (Å²) in [5.41, 5.74) is -0.0461. The summed E-state index contributed by atoms with van der Waals surface area (Å²) < 4.78 is 46.0. The second-order valence-electron chi connectivity index (χ2n) is 7.33. The quantitative estimate of drug-likeness (QED) is 0.779. The third-order valence-electron chi connectivity index (χ3n) is 5.31. The number of hydrogen-bond donors (Lipinski definition) is 1. The average molecular weight is 410 g/mol. The number of pyridine rings is 1. The van der Waals surface area contributed by atoms with E-state index in [0.29, 0.717) is 38.4 Å². The van der Waals surface area contributed by atoms with Gasteiger partial charge in [0, 0.05) is 39.0 Å². The van der Waals surface area contributed by atoms with Crippen molar-refractivity contribution in [1.82, 2.24) is 9.88 Å². The number of aryl methyl sites for hydroxylation is 1. The molecule has 2 saturated heterocycles. The fourth-order valence-corrected chi connectivity index (χ4v) is 4.63. The first-order valence-corrected chi connectivity index (χ1v) is 11.1. The molecule has 3 aliphatic rings. The van der Waals surface area contributed by atoms with Crippen LogP contribution in [-0.2, 0) is 19.5 Å². The third kappa shape index (κ3) is 4.14. The van der Waals surface area contributed by atoms with Crippen LogP contribution in [0.5, 0.6) is 5.88 Å². The zero-order valence-corrected chi connectivity index (χ0v) is 16.8. The van der Waals surface area contributed by atoms with E-state index in [1.165, 1.54) is 6.21 Å². The Morgan fingerprint density at radius 3 is 2.64 bits per heavy atom.